The summed E-state index contributed by atoms with van der Waals surface area (Å²) in [5.74, 6) is 0.369. The van der Waals surface area contributed by atoms with Gasteiger partial charge in [-0.15, -0.1) is 0 Å². The van der Waals surface area contributed by atoms with Crippen LogP contribution in [0.25, 0.3) is 0 Å². The zero-order valence-corrected chi connectivity index (χ0v) is 15.3. The molecule has 2 aliphatic carbocycles. The first-order valence-electron chi connectivity index (χ1n) is 9.11. The minimum atomic E-state index is -1.04. The van der Waals surface area contributed by atoms with Crippen LogP contribution >= 0.6 is 0 Å². The Morgan fingerprint density at radius 3 is 1.87 bits per heavy atom. The van der Waals surface area contributed by atoms with Gasteiger partial charge in [0.25, 0.3) is 0 Å². The molecular formula is C19H32O4. The molecule has 2 aliphatic rings. The SMILES string of the molecule is CCCOC(=O)C1(C(=O)OCCC)CC2CC1CC2C(C)(C)C. The molecule has 0 aromatic rings. The summed E-state index contributed by atoms with van der Waals surface area (Å²) in [7, 11) is 0. The summed E-state index contributed by atoms with van der Waals surface area (Å²) in [6.45, 7) is 11.4. The summed E-state index contributed by atoms with van der Waals surface area (Å²) in [5.41, 5.74) is -0.830. The Bertz CT molecular complexity index is 429. The number of esters is 2. The molecule has 0 amide bonds. The first kappa shape index (κ1) is 18.3. The molecule has 23 heavy (non-hydrogen) atoms. The molecule has 0 spiro atoms. The van der Waals surface area contributed by atoms with Crippen molar-refractivity contribution >= 4 is 11.9 Å². The Kier molecular flexibility index (Phi) is 5.42. The first-order valence-corrected chi connectivity index (χ1v) is 9.11. The predicted molar refractivity (Wildman–Crippen MR) is 88.7 cm³/mol. The van der Waals surface area contributed by atoms with Gasteiger partial charge in [0.2, 0.25) is 0 Å². The quantitative estimate of drug-likeness (QED) is 0.548. The van der Waals surface area contributed by atoms with Crippen LogP contribution < -0.4 is 0 Å². The molecule has 132 valence electrons. The summed E-state index contributed by atoms with van der Waals surface area (Å²) < 4.78 is 10.8. The second-order valence-electron chi connectivity index (χ2n) is 8.35. The molecule has 0 heterocycles. The van der Waals surface area contributed by atoms with Crippen LogP contribution in [0, 0.1) is 28.6 Å². The Hall–Kier alpha value is -1.06. The summed E-state index contributed by atoms with van der Waals surface area (Å²) in [4.78, 5) is 25.5. The smallest absolute Gasteiger partial charge is 0.323 e. The van der Waals surface area contributed by atoms with Gasteiger partial charge in [-0.25, -0.2) is 0 Å². The van der Waals surface area contributed by atoms with Crippen molar-refractivity contribution in [2.45, 2.75) is 66.7 Å². The third-order valence-electron chi connectivity index (χ3n) is 5.69. The van der Waals surface area contributed by atoms with Crippen LogP contribution in [0.5, 0.6) is 0 Å². The number of hydrogen-bond donors (Lipinski definition) is 0. The van der Waals surface area contributed by atoms with Crippen molar-refractivity contribution < 1.29 is 19.1 Å². The fraction of sp³-hybridized carbons (Fsp3) is 0.895. The lowest BCUT2D eigenvalue weighted by atomic mass is 9.64. The molecule has 3 atom stereocenters. The molecule has 2 fully saturated rings. The summed E-state index contributed by atoms with van der Waals surface area (Å²) in [6.07, 6.45) is 4.01. The molecule has 2 saturated carbocycles. The van der Waals surface area contributed by atoms with E-state index >= 15 is 0 Å². The van der Waals surface area contributed by atoms with E-state index < -0.39 is 5.41 Å². The zero-order valence-electron chi connectivity index (χ0n) is 15.3. The summed E-state index contributed by atoms with van der Waals surface area (Å²) in [5, 5.41) is 0. The Morgan fingerprint density at radius 2 is 1.52 bits per heavy atom. The molecule has 0 saturated heterocycles. The average Bonchev–Trinajstić information content (AvgIpc) is 3.08. The van der Waals surface area contributed by atoms with E-state index in [1.807, 2.05) is 13.8 Å². The van der Waals surface area contributed by atoms with E-state index in [1.54, 1.807) is 0 Å². The second kappa shape index (κ2) is 6.82. The third kappa shape index (κ3) is 3.27. The topological polar surface area (TPSA) is 52.6 Å². The Balaban J connectivity index is 2.21. The van der Waals surface area contributed by atoms with E-state index in [9.17, 15) is 9.59 Å². The van der Waals surface area contributed by atoms with Crippen LogP contribution in [0.2, 0.25) is 0 Å². The molecule has 4 nitrogen and oxygen atoms in total. The van der Waals surface area contributed by atoms with Crippen molar-refractivity contribution in [1.29, 1.82) is 0 Å². The van der Waals surface area contributed by atoms with Crippen molar-refractivity contribution in [3.63, 3.8) is 0 Å². The highest BCUT2D eigenvalue weighted by molar-refractivity contribution is 6.01. The largest absolute Gasteiger partial charge is 0.465 e. The lowest BCUT2D eigenvalue weighted by Gasteiger charge is -2.40. The Labute approximate surface area is 140 Å². The highest BCUT2D eigenvalue weighted by atomic mass is 16.6. The van der Waals surface area contributed by atoms with Crippen LogP contribution in [-0.4, -0.2) is 25.2 Å². The average molecular weight is 324 g/mol. The molecule has 0 aliphatic heterocycles. The van der Waals surface area contributed by atoms with Gasteiger partial charge >= 0.3 is 11.9 Å². The standard InChI is InChI=1S/C19H32O4/c1-6-8-22-16(20)19(17(21)23-9-7-2)12-13-10-14(19)11-15(13)18(3,4)5/h13-15H,6-12H2,1-5H3. The maximum Gasteiger partial charge on any atom is 0.323 e. The van der Waals surface area contributed by atoms with Crippen LogP contribution in [0.4, 0.5) is 0 Å². The van der Waals surface area contributed by atoms with Crippen molar-refractivity contribution in [2.75, 3.05) is 13.2 Å². The van der Waals surface area contributed by atoms with Gasteiger partial charge in [-0.05, 0) is 55.3 Å². The molecule has 4 heteroatoms. The molecule has 0 aromatic heterocycles. The van der Waals surface area contributed by atoms with Crippen molar-refractivity contribution in [3.8, 4) is 0 Å². The maximum absolute atomic E-state index is 12.8. The van der Waals surface area contributed by atoms with Crippen molar-refractivity contribution in [1.82, 2.24) is 0 Å². The predicted octanol–water partition coefficient (Wildman–Crippen LogP) is 3.97. The normalized spacial score (nSPS) is 28.7. The molecule has 0 aromatic carbocycles. The Morgan fingerprint density at radius 1 is 1.00 bits per heavy atom. The highest BCUT2D eigenvalue weighted by Gasteiger charge is 2.66. The number of rotatable bonds is 6. The van der Waals surface area contributed by atoms with Gasteiger partial charge in [0.15, 0.2) is 5.41 Å². The van der Waals surface area contributed by atoms with E-state index in [0.717, 1.165) is 25.7 Å². The molecular weight excluding hydrogens is 292 g/mol. The number of fused-ring (bicyclic) bond motifs is 2. The molecule has 2 rings (SSSR count). The number of carbonyl (C=O) groups is 2. The van der Waals surface area contributed by atoms with E-state index in [4.69, 9.17) is 9.47 Å². The third-order valence-corrected chi connectivity index (χ3v) is 5.69. The second-order valence-corrected chi connectivity index (χ2v) is 8.35. The van der Waals surface area contributed by atoms with Gasteiger partial charge in [0.1, 0.15) is 0 Å². The maximum atomic E-state index is 12.8. The highest BCUT2D eigenvalue weighted by Crippen LogP contribution is 2.63. The minimum absolute atomic E-state index is 0.0745. The van der Waals surface area contributed by atoms with Crippen LogP contribution in [0.1, 0.15) is 66.7 Å². The molecule has 0 N–H and O–H groups in total. The monoisotopic (exact) mass is 324 g/mol. The van der Waals surface area contributed by atoms with E-state index in [-0.39, 0.29) is 23.3 Å². The number of ether oxygens (including phenoxy) is 2. The zero-order chi connectivity index (χ0) is 17.3. The lowest BCUT2D eigenvalue weighted by Crippen LogP contribution is -2.48. The minimum Gasteiger partial charge on any atom is -0.465 e. The van der Waals surface area contributed by atoms with Crippen LogP contribution in [-0.2, 0) is 19.1 Å². The van der Waals surface area contributed by atoms with E-state index in [0.29, 0.717) is 31.5 Å². The number of carbonyl (C=O) groups excluding carboxylic acids is 2. The van der Waals surface area contributed by atoms with E-state index in [2.05, 4.69) is 20.8 Å². The fourth-order valence-electron chi connectivity index (χ4n) is 4.62. The van der Waals surface area contributed by atoms with Gasteiger partial charge in [-0.3, -0.25) is 9.59 Å². The molecule has 2 bridgehead atoms. The van der Waals surface area contributed by atoms with Crippen molar-refractivity contribution in [2.24, 2.45) is 28.6 Å². The summed E-state index contributed by atoms with van der Waals surface area (Å²) >= 11 is 0. The van der Waals surface area contributed by atoms with Crippen LogP contribution in [0.3, 0.4) is 0 Å². The van der Waals surface area contributed by atoms with Gasteiger partial charge in [-0.1, -0.05) is 34.6 Å². The molecule has 0 radical (unpaired) electrons. The van der Waals surface area contributed by atoms with E-state index in [1.165, 1.54) is 0 Å². The molecule has 3 unspecified atom stereocenters. The van der Waals surface area contributed by atoms with Gasteiger partial charge < -0.3 is 9.47 Å². The fourth-order valence-corrected chi connectivity index (χ4v) is 4.62. The first-order chi connectivity index (χ1) is 10.8. The number of hydrogen-bond acceptors (Lipinski definition) is 4. The lowest BCUT2D eigenvalue weighted by molar-refractivity contribution is -0.178. The van der Waals surface area contributed by atoms with Crippen molar-refractivity contribution in [3.05, 3.63) is 0 Å². The van der Waals surface area contributed by atoms with Crippen LogP contribution in [0.15, 0.2) is 0 Å². The summed E-state index contributed by atoms with van der Waals surface area (Å²) in [6, 6.07) is 0. The van der Waals surface area contributed by atoms with Gasteiger partial charge in [0, 0.05) is 0 Å². The van der Waals surface area contributed by atoms with Gasteiger partial charge in [0.05, 0.1) is 13.2 Å². The van der Waals surface area contributed by atoms with Gasteiger partial charge in [-0.2, -0.15) is 0 Å².